The second-order valence-corrected chi connectivity index (χ2v) is 8.28. The van der Waals surface area contributed by atoms with Crippen LogP contribution >= 0.6 is 11.3 Å². The molecule has 0 radical (unpaired) electrons. The van der Waals surface area contributed by atoms with Crippen molar-refractivity contribution in [3.63, 3.8) is 0 Å². The Morgan fingerprint density at radius 1 is 1.38 bits per heavy atom. The largest absolute Gasteiger partial charge is 0.469 e. The van der Waals surface area contributed by atoms with Crippen LogP contribution in [-0.4, -0.2) is 33.2 Å². The third-order valence-corrected chi connectivity index (χ3v) is 6.34. The number of fused-ring (bicyclic) bond motifs is 6. The Labute approximate surface area is 169 Å². The lowest BCUT2D eigenvalue weighted by Crippen LogP contribution is -2.58. The second kappa shape index (κ2) is 6.15. The number of nitrogens with zero attached hydrogens (tertiary/aromatic N) is 4. The summed E-state index contributed by atoms with van der Waals surface area (Å²) >= 11 is 1.28. The number of carbonyl (C=O) groups excluding carboxylic acids is 1. The highest BCUT2D eigenvalue weighted by atomic mass is 32.1. The van der Waals surface area contributed by atoms with E-state index in [-0.39, 0.29) is 5.56 Å². The van der Waals surface area contributed by atoms with Gasteiger partial charge in [0, 0.05) is 24.4 Å². The van der Waals surface area contributed by atoms with Gasteiger partial charge in [-0.3, -0.25) is 18.8 Å². The predicted molar refractivity (Wildman–Crippen MR) is 105 cm³/mol. The normalized spacial score (nSPS) is 24.9. The summed E-state index contributed by atoms with van der Waals surface area (Å²) in [4.78, 5) is 31.3. The molecule has 4 heterocycles. The molecule has 1 aromatic carbocycles. The SMILES string of the molecule is COC(=O)C1C2c3ccccc3OC1(C)N=c1s/c(=C\c3cnn(C)c3)c(=O)n12. The molecule has 2 aliphatic heterocycles. The first kappa shape index (κ1) is 17.9. The van der Waals surface area contributed by atoms with E-state index in [1.165, 1.54) is 18.4 Å². The molecule has 29 heavy (non-hydrogen) atoms. The zero-order chi connectivity index (χ0) is 20.3. The van der Waals surface area contributed by atoms with Gasteiger partial charge in [0.2, 0.25) is 5.72 Å². The van der Waals surface area contributed by atoms with Crippen molar-refractivity contribution in [3.05, 3.63) is 67.5 Å². The van der Waals surface area contributed by atoms with Crippen molar-refractivity contribution in [2.45, 2.75) is 18.7 Å². The number of hydrogen-bond donors (Lipinski definition) is 0. The summed E-state index contributed by atoms with van der Waals surface area (Å²) in [6.45, 7) is 1.76. The van der Waals surface area contributed by atoms with Crippen molar-refractivity contribution >= 4 is 23.4 Å². The Morgan fingerprint density at radius 2 is 2.17 bits per heavy atom. The Balaban J connectivity index is 1.81. The average molecular weight is 410 g/mol. The predicted octanol–water partition coefficient (Wildman–Crippen LogP) is 0.592. The molecule has 148 valence electrons. The number of carbonyl (C=O) groups is 1. The van der Waals surface area contributed by atoms with Gasteiger partial charge in [-0.15, -0.1) is 0 Å². The Hall–Kier alpha value is -3.20. The van der Waals surface area contributed by atoms with Crippen LogP contribution in [0.4, 0.5) is 0 Å². The van der Waals surface area contributed by atoms with Crippen LogP contribution in [-0.2, 0) is 16.6 Å². The molecule has 3 atom stereocenters. The zero-order valence-electron chi connectivity index (χ0n) is 16.0. The van der Waals surface area contributed by atoms with Crippen molar-refractivity contribution in [3.8, 4) is 5.75 Å². The molecule has 3 aromatic rings. The summed E-state index contributed by atoms with van der Waals surface area (Å²) in [7, 11) is 3.15. The minimum Gasteiger partial charge on any atom is -0.469 e. The molecule has 0 spiro atoms. The van der Waals surface area contributed by atoms with Crippen LogP contribution in [0.3, 0.4) is 0 Å². The number of aryl methyl sites for hydroxylation is 1. The van der Waals surface area contributed by atoms with Crippen LogP contribution in [0.5, 0.6) is 5.75 Å². The summed E-state index contributed by atoms with van der Waals surface area (Å²) in [5.41, 5.74) is 0.230. The third kappa shape index (κ3) is 2.57. The van der Waals surface area contributed by atoms with Crippen molar-refractivity contribution in [2.24, 2.45) is 18.0 Å². The minimum atomic E-state index is -1.16. The topological polar surface area (TPSA) is 87.7 Å². The first-order chi connectivity index (χ1) is 13.9. The first-order valence-corrected chi connectivity index (χ1v) is 9.90. The number of ether oxygens (including phenoxy) is 2. The van der Waals surface area contributed by atoms with Gasteiger partial charge in [0.25, 0.3) is 5.56 Å². The number of thiazole rings is 1. The van der Waals surface area contributed by atoms with Crippen LogP contribution in [0.15, 0.2) is 46.4 Å². The van der Waals surface area contributed by atoms with Crippen molar-refractivity contribution in [1.29, 1.82) is 0 Å². The average Bonchev–Trinajstić information content (AvgIpc) is 3.23. The van der Waals surface area contributed by atoms with Crippen molar-refractivity contribution < 1.29 is 14.3 Å². The molecule has 5 rings (SSSR count). The third-order valence-electron chi connectivity index (χ3n) is 5.36. The maximum atomic E-state index is 13.4. The smallest absolute Gasteiger partial charge is 0.317 e. The van der Waals surface area contributed by atoms with Gasteiger partial charge >= 0.3 is 5.97 Å². The molecule has 0 amide bonds. The fourth-order valence-corrected chi connectivity index (χ4v) is 5.20. The fraction of sp³-hybridized carbons (Fsp3) is 0.300. The highest BCUT2D eigenvalue weighted by Crippen LogP contribution is 2.47. The highest BCUT2D eigenvalue weighted by molar-refractivity contribution is 7.07. The molecule has 0 fully saturated rings. The van der Waals surface area contributed by atoms with Gasteiger partial charge in [-0.2, -0.15) is 5.10 Å². The number of esters is 1. The fourth-order valence-electron chi connectivity index (χ4n) is 4.10. The Bertz CT molecular complexity index is 1320. The van der Waals surface area contributed by atoms with Crippen molar-refractivity contribution in [1.82, 2.24) is 14.3 Å². The maximum Gasteiger partial charge on any atom is 0.317 e. The summed E-state index contributed by atoms with van der Waals surface area (Å²) in [6, 6.07) is 6.87. The van der Waals surface area contributed by atoms with Crippen LogP contribution in [0.2, 0.25) is 0 Å². The van der Waals surface area contributed by atoms with Gasteiger partial charge in [-0.25, -0.2) is 4.99 Å². The van der Waals surface area contributed by atoms with Gasteiger partial charge in [0.05, 0.1) is 23.9 Å². The Kier molecular flexibility index (Phi) is 3.79. The molecule has 0 saturated heterocycles. The number of hydrogen-bond acceptors (Lipinski definition) is 7. The van der Waals surface area contributed by atoms with E-state index in [2.05, 4.69) is 5.10 Å². The maximum absolute atomic E-state index is 13.4. The summed E-state index contributed by atoms with van der Waals surface area (Å²) in [5.74, 6) is -0.615. The van der Waals surface area contributed by atoms with Gasteiger partial charge in [0.15, 0.2) is 4.80 Å². The van der Waals surface area contributed by atoms with E-state index in [0.717, 1.165) is 11.1 Å². The van der Waals surface area contributed by atoms with E-state index in [9.17, 15) is 9.59 Å². The van der Waals surface area contributed by atoms with Crippen molar-refractivity contribution in [2.75, 3.05) is 7.11 Å². The first-order valence-electron chi connectivity index (χ1n) is 9.08. The van der Waals surface area contributed by atoms with Gasteiger partial charge < -0.3 is 9.47 Å². The molecule has 9 heteroatoms. The van der Waals surface area contributed by atoms with Gasteiger partial charge in [-0.05, 0) is 19.1 Å². The zero-order valence-corrected chi connectivity index (χ0v) is 16.8. The quantitative estimate of drug-likeness (QED) is 0.577. The molecule has 3 unspecified atom stereocenters. The lowest BCUT2D eigenvalue weighted by atomic mass is 9.81. The van der Waals surface area contributed by atoms with Crippen LogP contribution in [0, 0.1) is 5.92 Å². The number of benzene rings is 1. The number of rotatable bonds is 2. The summed E-state index contributed by atoms with van der Waals surface area (Å²) in [5, 5.41) is 4.14. The number of aromatic nitrogens is 3. The van der Waals surface area contributed by atoms with Crippen LogP contribution in [0.1, 0.15) is 24.1 Å². The molecule has 0 saturated carbocycles. The molecule has 2 bridgehead atoms. The van der Waals surface area contributed by atoms with E-state index >= 15 is 0 Å². The van der Waals surface area contributed by atoms with E-state index < -0.39 is 23.7 Å². The lowest BCUT2D eigenvalue weighted by Gasteiger charge is -2.44. The molecule has 2 aromatic heterocycles. The standard InChI is InChI=1S/C20H18N4O4S/c1-20-15(18(26)27-3)16(12-6-4-5-7-13(12)28-20)24-17(25)14(29-19(24)22-20)8-11-9-21-23(2)10-11/h4-10,15-16H,1-3H3/b14-8-. The second-order valence-electron chi connectivity index (χ2n) is 7.27. The van der Waals surface area contributed by atoms with Gasteiger partial charge in [-0.1, -0.05) is 29.5 Å². The molecule has 0 N–H and O–H groups in total. The molecule has 0 aliphatic carbocycles. The molecular weight excluding hydrogens is 392 g/mol. The van der Waals surface area contributed by atoms with Crippen LogP contribution < -0.4 is 19.6 Å². The minimum absolute atomic E-state index is 0.199. The van der Waals surface area contributed by atoms with E-state index in [1.54, 1.807) is 28.4 Å². The van der Waals surface area contributed by atoms with Crippen LogP contribution in [0.25, 0.3) is 6.08 Å². The summed E-state index contributed by atoms with van der Waals surface area (Å²) < 4.78 is 15.0. The number of methoxy groups -OCH3 is 1. The van der Waals surface area contributed by atoms with E-state index in [1.807, 2.05) is 37.5 Å². The van der Waals surface area contributed by atoms with E-state index in [4.69, 9.17) is 14.5 Å². The molecule has 8 nitrogen and oxygen atoms in total. The summed E-state index contributed by atoms with van der Waals surface area (Å²) in [6.07, 6.45) is 5.30. The highest BCUT2D eigenvalue weighted by Gasteiger charge is 2.55. The number of para-hydroxylation sites is 1. The molecular formula is C20H18N4O4S. The monoisotopic (exact) mass is 410 g/mol. The molecule has 2 aliphatic rings. The lowest BCUT2D eigenvalue weighted by molar-refractivity contribution is -0.158. The van der Waals surface area contributed by atoms with E-state index in [0.29, 0.717) is 15.1 Å². The van der Waals surface area contributed by atoms with Gasteiger partial charge in [0.1, 0.15) is 11.7 Å². The Morgan fingerprint density at radius 3 is 2.90 bits per heavy atom.